The third-order valence-corrected chi connectivity index (χ3v) is 8.15. The molecule has 0 radical (unpaired) electrons. The van der Waals surface area contributed by atoms with Gasteiger partial charge in [0.05, 0.1) is 11.9 Å². The molecule has 2 atom stereocenters. The van der Waals surface area contributed by atoms with Crippen LogP contribution in [0.25, 0.3) is 16.9 Å². The van der Waals surface area contributed by atoms with Gasteiger partial charge in [-0.1, -0.05) is 32.1 Å². The molecule has 224 valence electrons. The van der Waals surface area contributed by atoms with E-state index in [4.69, 9.17) is 0 Å². The number of piperazine rings is 1. The van der Waals surface area contributed by atoms with Crippen LogP contribution in [-0.4, -0.2) is 74.3 Å². The summed E-state index contributed by atoms with van der Waals surface area (Å²) in [4.78, 5) is 45.1. The standard InChI is InChI=1S/C29H32F4N6O3/c1-18-15-37(11-12-38(18)28(42)24(34-17-40)13-19-5-3-2-4-6-19)27(41)25-16-39-26(35-25)22(29(31,32)33)14-23(36-39)20-7-9-21(30)10-8-20/h7-10,14,16-19,24H,2-6,11-13,15H2,1H3,(H,34,40). The Labute approximate surface area is 239 Å². The number of nitrogens with zero attached hydrogens (tertiary/aromatic N) is 5. The number of alkyl halides is 3. The highest BCUT2D eigenvalue weighted by Gasteiger charge is 2.38. The topological polar surface area (TPSA) is 99.9 Å². The van der Waals surface area contributed by atoms with E-state index in [9.17, 15) is 31.9 Å². The molecule has 0 spiro atoms. The third-order valence-electron chi connectivity index (χ3n) is 8.15. The summed E-state index contributed by atoms with van der Waals surface area (Å²) in [5.41, 5.74) is -1.60. The van der Waals surface area contributed by atoms with Crippen molar-refractivity contribution in [2.24, 2.45) is 5.92 Å². The predicted molar refractivity (Wildman–Crippen MR) is 145 cm³/mol. The Balaban J connectivity index is 1.33. The van der Waals surface area contributed by atoms with Gasteiger partial charge >= 0.3 is 6.18 Å². The van der Waals surface area contributed by atoms with Crippen molar-refractivity contribution in [1.29, 1.82) is 0 Å². The van der Waals surface area contributed by atoms with Crippen LogP contribution in [0.1, 0.15) is 61.5 Å². The fraction of sp³-hybridized carbons (Fsp3) is 0.483. The van der Waals surface area contributed by atoms with Crippen molar-refractivity contribution in [3.63, 3.8) is 0 Å². The molecule has 13 heteroatoms. The van der Waals surface area contributed by atoms with Crippen molar-refractivity contribution in [1.82, 2.24) is 29.7 Å². The van der Waals surface area contributed by atoms with Gasteiger partial charge in [-0.15, -0.1) is 0 Å². The van der Waals surface area contributed by atoms with Crippen molar-refractivity contribution in [3.05, 3.63) is 53.6 Å². The first kappa shape index (κ1) is 29.5. The second-order valence-corrected chi connectivity index (χ2v) is 11.1. The predicted octanol–water partition coefficient (Wildman–Crippen LogP) is 4.31. The molecule has 9 nitrogen and oxygen atoms in total. The van der Waals surface area contributed by atoms with E-state index < -0.39 is 35.2 Å². The summed E-state index contributed by atoms with van der Waals surface area (Å²) in [5.74, 6) is -0.956. The number of carbonyl (C=O) groups is 3. The number of fused-ring (bicyclic) bond motifs is 1. The van der Waals surface area contributed by atoms with Crippen molar-refractivity contribution in [2.75, 3.05) is 19.6 Å². The molecule has 2 fully saturated rings. The maximum atomic E-state index is 14.0. The van der Waals surface area contributed by atoms with Crippen LogP contribution < -0.4 is 5.32 Å². The van der Waals surface area contributed by atoms with Gasteiger partial charge in [-0.25, -0.2) is 13.9 Å². The fourth-order valence-corrected chi connectivity index (χ4v) is 5.96. The Morgan fingerprint density at radius 3 is 2.48 bits per heavy atom. The normalized spacial score (nSPS) is 19.1. The van der Waals surface area contributed by atoms with Crippen LogP contribution in [0.4, 0.5) is 17.6 Å². The summed E-state index contributed by atoms with van der Waals surface area (Å²) >= 11 is 0. The van der Waals surface area contributed by atoms with E-state index >= 15 is 0 Å². The summed E-state index contributed by atoms with van der Waals surface area (Å²) in [5, 5.41) is 6.88. The average Bonchev–Trinajstić information content (AvgIpc) is 3.40. The molecule has 5 rings (SSSR count). The smallest absolute Gasteiger partial charge is 0.347 e. The van der Waals surface area contributed by atoms with Crippen LogP contribution in [0, 0.1) is 11.7 Å². The average molecular weight is 589 g/mol. The summed E-state index contributed by atoms with van der Waals surface area (Å²) in [6, 6.07) is 4.68. The maximum absolute atomic E-state index is 14.0. The lowest BCUT2D eigenvalue weighted by atomic mass is 9.84. The van der Waals surface area contributed by atoms with E-state index in [0.717, 1.165) is 54.6 Å². The van der Waals surface area contributed by atoms with Crippen molar-refractivity contribution < 1.29 is 31.9 Å². The molecule has 1 aliphatic heterocycles. The molecule has 2 aliphatic rings. The van der Waals surface area contributed by atoms with E-state index in [0.29, 0.717) is 18.7 Å². The van der Waals surface area contributed by atoms with Crippen LogP contribution in [0.15, 0.2) is 36.5 Å². The number of hydrogen-bond donors (Lipinski definition) is 1. The zero-order chi connectivity index (χ0) is 30.0. The molecule has 1 aliphatic carbocycles. The number of aromatic nitrogens is 3. The van der Waals surface area contributed by atoms with Crippen LogP contribution in [-0.2, 0) is 15.8 Å². The van der Waals surface area contributed by atoms with Gasteiger partial charge in [0.2, 0.25) is 12.3 Å². The Morgan fingerprint density at radius 1 is 1.12 bits per heavy atom. The number of carbonyl (C=O) groups excluding carboxylic acids is 3. The van der Waals surface area contributed by atoms with Crippen molar-refractivity contribution >= 4 is 23.9 Å². The lowest BCUT2D eigenvalue weighted by molar-refractivity contribution is -0.139. The van der Waals surface area contributed by atoms with E-state index in [1.165, 1.54) is 23.5 Å². The number of amides is 3. The molecule has 1 saturated heterocycles. The fourth-order valence-electron chi connectivity index (χ4n) is 5.96. The van der Waals surface area contributed by atoms with Crippen LogP contribution in [0.2, 0.25) is 0 Å². The molecule has 1 N–H and O–H groups in total. The molecule has 1 saturated carbocycles. The van der Waals surface area contributed by atoms with E-state index in [2.05, 4.69) is 15.4 Å². The van der Waals surface area contributed by atoms with Gasteiger partial charge < -0.3 is 15.1 Å². The summed E-state index contributed by atoms with van der Waals surface area (Å²) in [7, 11) is 0. The van der Waals surface area contributed by atoms with E-state index in [1.807, 2.05) is 0 Å². The Bertz CT molecular complexity index is 1450. The van der Waals surface area contributed by atoms with Crippen LogP contribution in [0.5, 0.6) is 0 Å². The van der Waals surface area contributed by atoms with Gasteiger partial charge in [0.15, 0.2) is 5.65 Å². The SMILES string of the molecule is CC1CN(C(=O)c2cn3nc(-c4ccc(F)cc4)cc(C(F)(F)F)c3n2)CCN1C(=O)C(CC1CCCCC1)NC=O. The second-order valence-electron chi connectivity index (χ2n) is 11.1. The first-order valence-corrected chi connectivity index (χ1v) is 14.1. The number of benzene rings is 1. The molecule has 3 aromatic rings. The largest absolute Gasteiger partial charge is 0.420 e. The first-order valence-electron chi connectivity index (χ1n) is 14.1. The van der Waals surface area contributed by atoms with Gasteiger partial charge in [0, 0.05) is 31.2 Å². The lowest BCUT2D eigenvalue weighted by Gasteiger charge is -2.41. The lowest BCUT2D eigenvalue weighted by Crippen LogP contribution is -2.59. The molecule has 3 amide bonds. The second kappa shape index (κ2) is 12.1. The van der Waals surface area contributed by atoms with Crippen molar-refractivity contribution in [3.8, 4) is 11.3 Å². The van der Waals surface area contributed by atoms with Crippen molar-refractivity contribution in [2.45, 2.75) is 63.7 Å². The summed E-state index contributed by atoms with van der Waals surface area (Å²) in [6.07, 6.45) is 2.93. The summed E-state index contributed by atoms with van der Waals surface area (Å²) < 4.78 is 56.2. The van der Waals surface area contributed by atoms with E-state index in [-0.39, 0.29) is 48.5 Å². The number of rotatable bonds is 7. The van der Waals surface area contributed by atoms with Crippen LogP contribution in [0.3, 0.4) is 0 Å². The quantitative estimate of drug-likeness (QED) is 0.328. The van der Waals surface area contributed by atoms with Gasteiger partial charge in [0.25, 0.3) is 5.91 Å². The monoisotopic (exact) mass is 588 g/mol. The van der Waals surface area contributed by atoms with E-state index in [1.54, 1.807) is 11.8 Å². The Hall–Kier alpha value is -4.03. The summed E-state index contributed by atoms with van der Waals surface area (Å²) in [6.45, 7) is 2.30. The van der Waals surface area contributed by atoms with Gasteiger partial charge in [-0.3, -0.25) is 14.4 Å². The number of hydrogen-bond acceptors (Lipinski definition) is 5. The van der Waals surface area contributed by atoms with Gasteiger partial charge in [-0.2, -0.15) is 18.3 Å². The number of halogens is 4. The highest BCUT2D eigenvalue weighted by atomic mass is 19.4. The van der Waals surface area contributed by atoms with Gasteiger partial charge in [0.1, 0.15) is 23.1 Å². The van der Waals surface area contributed by atoms with Crippen LogP contribution >= 0.6 is 0 Å². The maximum Gasteiger partial charge on any atom is 0.420 e. The zero-order valence-electron chi connectivity index (χ0n) is 23.1. The third kappa shape index (κ3) is 6.24. The zero-order valence-corrected chi connectivity index (χ0v) is 23.1. The molecule has 3 heterocycles. The molecule has 42 heavy (non-hydrogen) atoms. The Kier molecular flexibility index (Phi) is 8.46. The molecular weight excluding hydrogens is 556 g/mol. The molecule has 2 aromatic heterocycles. The minimum absolute atomic E-state index is 0.0568. The highest BCUT2D eigenvalue weighted by molar-refractivity contribution is 5.93. The molecule has 1 aromatic carbocycles. The minimum Gasteiger partial charge on any atom is -0.347 e. The first-order chi connectivity index (χ1) is 20.0. The Morgan fingerprint density at radius 2 is 1.83 bits per heavy atom. The minimum atomic E-state index is -4.78. The van der Waals surface area contributed by atoms with Gasteiger partial charge in [-0.05, 0) is 49.6 Å². The number of imidazole rings is 1. The highest BCUT2D eigenvalue weighted by Crippen LogP contribution is 2.34. The molecule has 0 bridgehead atoms. The molecular formula is C29H32F4N6O3. The molecule has 2 unspecified atom stereocenters. The number of nitrogens with one attached hydrogen (secondary N) is 1.